The first-order valence-electron chi connectivity index (χ1n) is 24.8. The van der Waals surface area contributed by atoms with Crippen LogP contribution in [0.4, 0.5) is 0 Å². The topological polar surface area (TPSA) is 48.5 Å². The minimum absolute atomic E-state index is 0.0200. The Morgan fingerprint density at radius 3 is 1.51 bits per heavy atom. The number of para-hydroxylation sites is 2. The van der Waals surface area contributed by atoms with E-state index in [4.69, 9.17) is 15.0 Å². The first-order chi connectivity index (χ1) is 34.5. The van der Waals surface area contributed by atoms with Crippen LogP contribution < -0.4 is 0 Å². The first kappa shape index (κ1) is 42.7. The van der Waals surface area contributed by atoms with Crippen LogP contribution in [0.25, 0.3) is 111 Å². The van der Waals surface area contributed by atoms with E-state index in [2.05, 4.69) is 263 Å². The maximum atomic E-state index is 5.53. The van der Waals surface area contributed by atoms with Crippen LogP contribution in [0.2, 0.25) is 0 Å². The molecule has 0 spiro atoms. The number of nitrogens with zero attached hydrogens (tertiary/aromatic N) is 5. The summed E-state index contributed by atoms with van der Waals surface area (Å²) in [5.41, 5.74) is 17.1. The van der Waals surface area contributed by atoms with Gasteiger partial charge in [0.15, 0.2) is 11.6 Å². The summed E-state index contributed by atoms with van der Waals surface area (Å²) >= 11 is 0. The summed E-state index contributed by atoms with van der Waals surface area (Å²) in [6, 6.07) is 76.3. The molecular weight excluding hydrogens is 863 g/mol. The van der Waals surface area contributed by atoms with Crippen molar-refractivity contribution in [3.8, 4) is 67.8 Å². The van der Waals surface area contributed by atoms with Gasteiger partial charge in [0.25, 0.3) is 0 Å². The molecular formula is C66H53N5. The molecule has 0 atom stereocenters. The van der Waals surface area contributed by atoms with Gasteiger partial charge in [-0.1, -0.05) is 224 Å². The Balaban J connectivity index is 1.06. The highest BCUT2D eigenvalue weighted by Crippen LogP contribution is 2.62. The van der Waals surface area contributed by atoms with Gasteiger partial charge in [0.05, 0.1) is 22.1 Å². The maximum absolute atomic E-state index is 5.53. The van der Waals surface area contributed by atoms with E-state index in [-0.39, 0.29) is 16.2 Å². The Bertz CT molecular complexity index is 4060. The molecule has 0 saturated heterocycles. The molecule has 5 heteroatoms. The Hall–Kier alpha value is -8.41. The van der Waals surface area contributed by atoms with Gasteiger partial charge in [0.2, 0.25) is 5.95 Å². The maximum Gasteiger partial charge on any atom is 0.238 e. The fourth-order valence-corrected chi connectivity index (χ4v) is 11.8. The molecule has 9 aromatic carbocycles. The van der Waals surface area contributed by atoms with Crippen molar-refractivity contribution in [3.63, 3.8) is 0 Å². The number of benzene rings is 9. The fourth-order valence-electron chi connectivity index (χ4n) is 11.8. The Morgan fingerprint density at radius 2 is 0.817 bits per heavy atom. The zero-order valence-electron chi connectivity index (χ0n) is 40.9. The fraction of sp³-hybridized carbons (Fsp3) is 0.136. The number of rotatable bonds is 7. The largest absolute Gasteiger partial charge is 0.307 e. The normalized spacial score (nSPS) is 14.7. The van der Waals surface area contributed by atoms with Crippen molar-refractivity contribution in [2.75, 3.05) is 0 Å². The second-order valence-corrected chi connectivity index (χ2v) is 20.9. The monoisotopic (exact) mass is 915 g/mol. The van der Waals surface area contributed by atoms with Gasteiger partial charge in [-0.15, -0.1) is 0 Å². The minimum atomic E-state index is 0.0200. The van der Waals surface area contributed by atoms with Crippen LogP contribution in [-0.2, 0) is 10.8 Å². The summed E-state index contributed by atoms with van der Waals surface area (Å²) in [4.78, 5) is 16.4. The standard InChI is InChI=1S/C66H53N5/c1-64(2)55-39-34-46(41-56(55)65(3,4)66(64,5)6)43-32-35-48(36-33-43)70-57-30-17-15-27-50(57)52-37-38-53-51-28-16-18-31-58(51)71(60(53)59(52)70)63-68-61(47-25-19-24-45(40-47)42-20-9-7-10-21-42)67-62(69-63)54-29-14-13-26-49(54)44-22-11-8-12-23-44/h7-41H,1-6H3. The summed E-state index contributed by atoms with van der Waals surface area (Å²) in [6.45, 7) is 14.5. The molecule has 0 N–H and O–H groups in total. The highest BCUT2D eigenvalue weighted by molar-refractivity contribution is 6.23. The van der Waals surface area contributed by atoms with E-state index in [1.165, 1.54) is 27.6 Å². The molecule has 1 aliphatic carbocycles. The summed E-state index contributed by atoms with van der Waals surface area (Å²) < 4.78 is 4.73. The van der Waals surface area contributed by atoms with Crippen LogP contribution in [0.1, 0.15) is 52.7 Å². The van der Waals surface area contributed by atoms with Gasteiger partial charge in [-0.05, 0) is 91.1 Å². The number of fused-ring (bicyclic) bond motifs is 8. The lowest BCUT2D eigenvalue weighted by Gasteiger charge is -2.44. The molecule has 0 bridgehead atoms. The molecule has 0 radical (unpaired) electrons. The Morgan fingerprint density at radius 1 is 0.324 bits per heavy atom. The van der Waals surface area contributed by atoms with E-state index >= 15 is 0 Å². The summed E-state index contributed by atoms with van der Waals surface area (Å²) in [5.74, 6) is 1.75. The second-order valence-electron chi connectivity index (χ2n) is 20.9. The molecule has 0 fully saturated rings. The van der Waals surface area contributed by atoms with E-state index < -0.39 is 0 Å². The number of aromatic nitrogens is 5. The molecule has 3 aromatic heterocycles. The third-order valence-electron chi connectivity index (χ3n) is 16.7. The van der Waals surface area contributed by atoms with Crippen LogP contribution in [0.15, 0.2) is 212 Å². The van der Waals surface area contributed by atoms with Crippen molar-refractivity contribution in [2.45, 2.75) is 52.4 Å². The quantitative estimate of drug-likeness (QED) is 0.160. The number of hydrogen-bond acceptors (Lipinski definition) is 3. The summed E-state index contributed by atoms with van der Waals surface area (Å²) in [6.07, 6.45) is 0. The molecule has 1 aliphatic rings. The molecule has 0 saturated carbocycles. The van der Waals surface area contributed by atoms with E-state index in [0.717, 1.165) is 77.3 Å². The van der Waals surface area contributed by atoms with Gasteiger partial charge in [0, 0.05) is 38.4 Å². The van der Waals surface area contributed by atoms with Crippen molar-refractivity contribution < 1.29 is 0 Å². The molecule has 0 amide bonds. The lowest BCUT2D eigenvalue weighted by atomic mass is 9.59. The van der Waals surface area contributed by atoms with Crippen LogP contribution in [0.5, 0.6) is 0 Å². The van der Waals surface area contributed by atoms with Gasteiger partial charge < -0.3 is 4.57 Å². The average Bonchev–Trinajstić information content (AvgIpc) is 3.97. The SMILES string of the molecule is CC1(C)c2ccc(-c3ccc(-n4c5ccccc5c5ccc6c7ccccc7n(-c7nc(-c8cccc(-c9ccccc9)c8)nc(-c8ccccc8-c8ccccc8)n7)c6c54)cc3)cc2C(C)(C)C1(C)C. The van der Waals surface area contributed by atoms with Gasteiger partial charge in [-0.25, -0.2) is 4.98 Å². The van der Waals surface area contributed by atoms with Crippen molar-refractivity contribution in [1.29, 1.82) is 0 Å². The lowest BCUT2D eigenvalue weighted by molar-refractivity contribution is 0.125. The second kappa shape index (κ2) is 15.8. The molecule has 71 heavy (non-hydrogen) atoms. The smallest absolute Gasteiger partial charge is 0.238 e. The van der Waals surface area contributed by atoms with Crippen molar-refractivity contribution in [1.82, 2.24) is 24.1 Å². The summed E-state index contributed by atoms with van der Waals surface area (Å²) in [7, 11) is 0. The predicted octanol–water partition coefficient (Wildman–Crippen LogP) is 17.0. The predicted molar refractivity (Wildman–Crippen MR) is 296 cm³/mol. The molecule has 5 nitrogen and oxygen atoms in total. The molecule has 342 valence electrons. The van der Waals surface area contributed by atoms with E-state index in [0.29, 0.717) is 17.6 Å². The molecule has 13 rings (SSSR count). The van der Waals surface area contributed by atoms with E-state index in [1.54, 1.807) is 0 Å². The van der Waals surface area contributed by atoms with Crippen LogP contribution in [0.3, 0.4) is 0 Å². The van der Waals surface area contributed by atoms with Gasteiger partial charge in [0.1, 0.15) is 0 Å². The zero-order chi connectivity index (χ0) is 48.2. The highest BCUT2D eigenvalue weighted by Gasteiger charge is 2.56. The third kappa shape index (κ3) is 6.42. The van der Waals surface area contributed by atoms with Crippen molar-refractivity contribution in [3.05, 3.63) is 223 Å². The highest BCUT2D eigenvalue weighted by atomic mass is 15.2. The molecule has 3 heterocycles. The average molecular weight is 916 g/mol. The van der Waals surface area contributed by atoms with Crippen molar-refractivity contribution >= 4 is 43.6 Å². The van der Waals surface area contributed by atoms with E-state index in [9.17, 15) is 0 Å². The zero-order valence-corrected chi connectivity index (χ0v) is 40.9. The molecule has 12 aromatic rings. The first-order valence-corrected chi connectivity index (χ1v) is 24.8. The third-order valence-corrected chi connectivity index (χ3v) is 16.7. The van der Waals surface area contributed by atoms with Gasteiger partial charge >= 0.3 is 0 Å². The van der Waals surface area contributed by atoms with Crippen LogP contribution in [-0.4, -0.2) is 24.1 Å². The Kier molecular flexibility index (Phi) is 9.50. The van der Waals surface area contributed by atoms with Gasteiger partial charge in [-0.2, -0.15) is 9.97 Å². The number of hydrogen-bond donors (Lipinski definition) is 0. The van der Waals surface area contributed by atoms with Crippen LogP contribution in [0, 0.1) is 5.41 Å². The summed E-state index contributed by atoms with van der Waals surface area (Å²) in [5, 5.41) is 4.59. The van der Waals surface area contributed by atoms with E-state index in [1.807, 2.05) is 0 Å². The van der Waals surface area contributed by atoms with Crippen molar-refractivity contribution in [2.24, 2.45) is 5.41 Å². The van der Waals surface area contributed by atoms with Crippen LogP contribution >= 0.6 is 0 Å². The molecule has 0 unspecified atom stereocenters. The minimum Gasteiger partial charge on any atom is -0.307 e. The lowest BCUT2D eigenvalue weighted by Crippen LogP contribution is -2.42. The Labute approximate surface area is 414 Å². The van der Waals surface area contributed by atoms with Gasteiger partial charge in [-0.3, -0.25) is 4.57 Å². The molecule has 0 aliphatic heterocycles.